The lowest BCUT2D eigenvalue weighted by molar-refractivity contribution is -0.538. The maximum atomic E-state index is 11.8. The molecule has 0 spiro atoms. The average Bonchev–Trinajstić information content (AvgIpc) is 2.46. The summed E-state index contributed by atoms with van der Waals surface area (Å²) in [5.41, 5.74) is 0.405. The number of hydrogen-bond acceptors (Lipinski definition) is 4. The highest BCUT2D eigenvalue weighted by Gasteiger charge is 2.23. The highest BCUT2D eigenvalue weighted by atomic mass is 16.8. The number of carbonyl (C=O) groups excluding carboxylic acids is 1. The molecule has 0 aromatic heterocycles. The minimum Gasteiger partial charge on any atom is -0.279 e. The Kier molecular flexibility index (Phi) is 3.72. The van der Waals surface area contributed by atoms with Gasteiger partial charge in [-0.2, -0.15) is 0 Å². The van der Waals surface area contributed by atoms with Crippen molar-refractivity contribution in [2.75, 3.05) is 5.17 Å². The zero-order valence-electron chi connectivity index (χ0n) is 9.80. The predicted molar refractivity (Wildman–Crippen MR) is 67.8 cm³/mol. The topological polar surface area (TPSA) is 72.7 Å². The van der Waals surface area contributed by atoms with Gasteiger partial charge in [-0.3, -0.25) is 4.84 Å². The Bertz CT molecular complexity index is 572. The molecule has 0 aliphatic rings. The largest absolute Gasteiger partial charge is 0.369 e. The van der Waals surface area contributed by atoms with Crippen LogP contribution >= 0.6 is 0 Å². The first kappa shape index (κ1) is 12.6. The lowest BCUT2D eigenvalue weighted by Gasteiger charge is -2.12. The van der Waals surface area contributed by atoms with E-state index in [0.717, 1.165) is 0 Å². The van der Waals surface area contributed by atoms with Crippen molar-refractivity contribution in [1.82, 2.24) is 0 Å². The van der Waals surface area contributed by atoms with E-state index in [-0.39, 0.29) is 11.3 Å². The molecule has 0 atom stereocenters. The molecular formula is C13H10N2O4. The van der Waals surface area contributed by atoms with Crippen molar-refractivity contribution in [2.24, 2.45) is 0 Å². The summed E-state index contributed by atoms with van der Waals surface area (Å²) in [7, 11) is 0. The van der Waals surface area contributed by atoms with Gasteiger partial charge in [0.25, 0.3) is 0 Å². The highest BCUT2D eigenvalue weighted by molar-refractivity contribution is 5.89. The van der Waals surface area contributed by atoms with Crippen LogP contribution in [0.25, 0.3) is 0 Å². The maximum Gasteiger partial charge on any atom is 0.369 e. The van der Waals surface area contributed by atoms with Crippen molar-refractivity contribution in [3.05, 3.63) is 76.3 Å². The Balaban J connectivity index is 2.19. The lowest BCUT2D eigenvalue weighted by atomic mass is 10.2. The van der Waals surface area contributed by atoms with E-state index in [2.05, 4.69) is 0 Å². The van der Waals surface area contributed by atoms with Gasteiger partial charge < -0.3 is 0 Å². The second kappa shape index (κ2) is 5.63. The second-order valence-corrected chi connectivity index (χ2v) is 3.59. The first-order chi connectivity index (χ1) is 9.18. The van der Waals surface area contributed by atoms with Crippen LogP contribution in [0, 0.1) is 10.1 Å². The molecule has 0 unspecified atom stereocenters. The number of benzene rings is 2. The van der Waals surface area contributed by atoms with Gasteiger partial charge in [-0.25, -0.2) is 14.9 Å². The fraction of sp³-hybridized carbons (Fsp3) is 0. The van der Waals surface area contributed by atoms with Gasteiger partial charge in [0.1, 0.15) is 5.69 Å². The molecule has 0 radical (unpaired) electrons. The van der Waals surface area contributed by atoms with Crippen molar-refractivity contribution < 1.29 is 14.7 Å². The minimum atomic E-state index is -0.795. The van der Waals surface area contributed by atoms with Crippen LogP contribution in [0.4, 0.5) is 5.69 Å². The predicted octanol–water partition coefficient (Wildman–Crippen LogP) is 2.46. The Morgan fingerprint density at radius 2 is 1.53 bits per heavy atom. The summed E-state index contributed by atoms with van der Waals surface area (Å²) in [6, 6.07) is 16.0. The van der Waals surface area contributed by atoms with Gasteiger partial charge in [0.05, 0.1) is 10.7 Å². The summed E-state index contributed by atoms with van der Waals surface area (Å²) in [5, 5.41) is 10.5. The van der Waals surface area contributed by atoms with Crippen molar-refractivity contribution >= 4 is 11.7 Å². The van der Waals surface area contributed by atoms with E-state index < -0.39 is 11.0 Å². The quantitative estimate of drug-likeness (QED) is 0.622. The summed E-state index contributed by atoms with van der Waals surface area (Å²) < 4.78 is 0. The van der Waals surface area contributed by atoms with Crippen LogP contribution in [-0.4, -0.2) is 11.0 Å². The van der Waals surface area contributed by atoms with Crippen molar-refractivity contribution in [1.29, 1.82) is 0 Å². The van der Waals surface area contributed by atoms with Gasteiger partial charge >= 0.3 is 5.97 Å². The first-order valence-electron chi connectivity index (χ1n) is 5.45. The van der Waals surface area contributed by atoms with Gasteiger partial charge in [0, 0.05) is 0 Å². The number of nitro groups is 1. The fourth-order valence-corrected chi connectivity index (χ4v) is 1.44. The van der Waals surface area contributed by atoms with Crippen LogP contribution in [-0.2, 0) is 4.84 Å². The molecule has 0 saturated heterocycles. The number of rotatable bonds is 4. The van der Waals surface area contributed by atoms with E-state index in [1.165, 1.54) is 24.3 Å². The molecular weight excluding hydrogens is 248 g/mol. The SMILES string of the molecule is O=C(ON(c1ccccc1)[N+](=O)[O-])c1ccccc1. The molecule has 0 aliphatic heterocycles. The molecule has 0 N–H and O–H groups in total. The molecule has 0 bridgehead atoms. The van der Waals surface area contributed by atoms with Crippen LogP contribution in [0.3, 0.4) is 0 Å². The molecule has 6 heteroatoms. The first-order valence-corrected chi connectivity index (χ1v) is 5.45. The van der Waals surface area contributed by atoms with Crippen molar-refractivity contribution in [3.8, 4) is 0 Å². The van der Waals surface area contributed by atoms with Crippen molar-refractivity contribution in [2.45, 2.75) is 0 Å². The molecule has 0 heterocycles. The highest BCUT2D eigenvalue weighted by Crippen LogP contribution is 2.15. The van der Waals surface area contributed by atoms with Gasteiger partial charge in [-0.15, -0.1) is 0 Å². The average molecular weight is 258 g/mol. The minimum absolute atomic E-state index is 0.164. The zero-order valence-corrected chi connectivity index (χ0v) is 9.80. The molecule has 2 aromatic carbocycles. The van der Waals surface area contributed by atoms with E-state index in [1.807, 2.05) is 0 Å². The zero-order chi connectivity index (χ0) is 13.7. The maximum absolute atomic E-state index is 11.8. The van der Waals surface area contributed by atoms with E-state index in [1.54, 1.807) is 36.4 Å². The van der Waals surface area contributed by atoms with E-state index in [4.69, 9.17) is 4.84 Å². The van der Waals surface area contributed by atoms with Crippen LogP contribution in [0.2, 0.25) is 0 Å². The standard InChI is InChI=1S/C13H10N2O4/c16-13(11-7-3-1-4-8-11)19-14(15(17)18)12-9-5-2-6-10-12/h1-10H. The summed E-state index contributed by atoms with van der Waals surface area (Å²) in [4.78, 5) is 27.5. The normalized spacial score (nSPS) is 9.68. The smallest absolute Gasteiger partial charge is 0.279 e. The molecule has 19 heavy (non-hydrogen) atoms. The summed E-state index contributed by atoms with van der Waals surface area (Å²) >= 11 is 0. The third-order valence-electron chi connectivity index (χ3n) is 2.30. The third-order valence-corrected chi connectivity index (χ3v) is 2.30. The van der Waals surface area contributed by atoms with E-state index >= 15 is 0 Å². The van der Waals surface area contributed by atoms with Gasteiger partial charge in [0.2, 0.25) is 5.03 Å². The number of hydrazine groups is 1. The Hall–Kier alpha value is -2.89. The molecule has 2 aromatic rings. The van der Waals surface area contributed by atoms with Gasteiger partial charge in [-0.05, 0) is 24.3 Å². The lowest BCUT2D eigenvalue weighted by Crippen LogP contribution is -2.32. The Morgan fingerprint density at radius 1 is 1.00 bits per heavy atom. The number of nitrogens with zero attached hydrogens (tertiary/aromatic N) is 2. The molecule has 0 amide bonds. The van der Waals surface area contributed by atoms with Gasteiger partial charge in [-0.1, -0.05) is 36.4 Å². The summed E-state index contributed by atoms with van der Waals surface area (Å²) in [6.45, 7) is 0. The van der Waals surface area contributed by atoms with Crippen LogP contribution < -0.4 is 5.17 Å². The number of hydrogen-bond donors (Lipinski definition) is 0. The number of para-hydroxylation sites is 1. The molecule has 6 nitrogen and oxygen atoms in total. The molecule has 0 saturated carbocycles. The van der Waals surface area contributed by atoms with Crippen LogP contribution in [0.15, 0.2) is 60.7 Å². The van der Waals surface area contributed by atoms with Crippen molar-refractivity contribution in [3.63, 3.8) is 0 Å². The third kappa shape index (κ3) is 3.06. The summed E-state index contributed by atoms with van der Waals surface area (Å²) in [6.07, 6.45) is 0. The van der Waals surface area contributed by atoms with Crippen LogP contribution in [0.5, 0.6) is 0 Å². The molecule has 96 valence electrons. The number of carbonyl (C=O) groups is 1. The Labute approximate surface area is 108 Å². The number of anilines is 1. The molecule has 2 rings (SSSR count). The fourth-order valence-electron chi connectivity index (χ4n) is 1.44. The molecule has 0 aliphatic carbocycles. The summed E-state index contributed by atoms with van der Waals surface area (Å²) in [5.74, 6) is -0.791. The molecule has 0 fully saturated rings. The Morgan fingerprint density at radius 3 is 2.05 bits per heavy atom. The van der Waals surface area contributed by atoms with Gasteiger partial charge in [0.15, 0.2) is 0 Å². The monoisotopic (exact) mass is 258 g/mol. The van der Waals surface area contributed by atoms with E-state index in [0.29, 0.717) is 5.17 Å². The van der Waals surface area contributed by atoms with E-state index in [9.17, 15) is 14.9 Å². The van der Waals surface area contributed by atoms with Crippen LogP contribution in [0.1, 0.15) is 10.4 Å². The second-order valence-electron chi connectivity index (χ2n) is 3.59.